The van der Waals surface area contributed by atoms with Gasteiger partial charge in [0.2, 0.25) is 0 Å². The van der Waals surface area contributed by atoms with Gasteiger partial charge in [0.15, 0.2) is 0 Å². The number of hydrogen-bond acceptors (Lipinski definition) is 20. The number of ether oxygens (including phenoxy) is 14. The molecule has 0 atom stereocenters. The topological polar surface area (TPSA) is 232 Å². The van der Waals surface area contributed by atoms with Gasteiger partial charge in [0, 0.05) is 17.6 Å². The van der Waals surface area contributed by atoms with E-state index in [0.29, 0.717) is 51.1 Å². The van der Waals surface area contributed by atoms with Crippen molar-refractivity contribution in [1.82, 2.24) is 0 Å². The molecule has 0 saturated heterocycles. The number of hydrogen-bond donors (Lipinski definition) is 0. The van der Waals surface area contributed by atoms with Crippen LogP contribution in [0.1, 0.15) is 45.7 Å². The van der Waals surface area contributed by atoms with Crippen LogP contribution in [0.3, 0.4) is 0 Å². The summed E-state index contributed by atoms with van der Waals surface area (Å²) in [5.74, 6) is -1.32. The van der Waals surface area contributed by atoms with E-state index < -0.39 is 41.6 Å². The largest absolute Gasteiger partial charge is 0.513 e. The summed E-state index contributed by atoms with van der Waals surface area (Å²) in [6.07, 6.45) is 0.267. The highest BCUT2D eigenvalue weighted by Crippen LogP contribution is 2.50. The molecule has 0 N–H and O–H groups in total. The molecule has 0 unspecified atom stereocenters. The molecule has 0 bridgehead atoms. The second-order valence-corrected chi connectivity index (χ2v) is 15.7. The number of benzene rings is 4. The maximum Gasteiger partial charge on any atom is 0.513 e. The molecule has 73 heavy (non-hydrogen) atoms. The highest BCUT2D eigenvalue weighted by Gasteiger charge is 2.36. The van der Waals surface area contributed by atoms with Crippen molar-refractivity contribution in [2.45, 2.75) is 19.3 Å². The van der Waals surface area contributed by atoms with E-state index >= 15 is 0 Å². The van der Waals surface area contributed by atoms with Gasteiger partial charge in [-0.2, -0.15) is 0 Å². The lowest BCUT2D eigenvalue weighted by atomic mass is 9.82. The number of carbonyl (C=O) groups excluding carboxylic acids is 6. The first-order valence-corrected chi connectivity index (χ1v) is 23.1. The molecule has 5 rings (SSSR count). The Morgan fingerprint density at radius 1 is 0.384 bits per heavy atom. The molecular formula is C53H58O20. The summed E-state index contributed by atoms with van der Waals surface area (Å²) in [5.41, 5.74) is 3.53. The van der Waals surface area contributed by atoms with Crippen molar-refractivity contribution in [2.24, 2.45) is 0 Å². The van der Waals surface area contributed by atoms with Crippen LogP contribution < -0.4 is 18.9 Å². The summed E-state index contributed by atoms with van der Waals surface area (Å²) in [4.78, 5) is 72.5. The van der Waals surface area contributed by atoms with Crippen molar-refractivity contribution in [3.8, 4) is 34.1 Å². The molecule has 4 aromatic rings. The third-order valence-electron chi connectivity index (χ3n) is 10.3. The van der Waals surface area contributed by atoms with Gasteiger partial charge < -0.3 is 66.3 Å². The number of carbonyl (C=O) groups is 6. The molecule has 0 saturated carbocycles. The predicted octanol–water partition coefficient (Wildman–Crippen LogP) is 7.02. The summed E-state index contributed by atoms with van der Waals surface area (Å²) in [6, 6.07) is 22.4. The molecule has 0 heterocycles. The van der Waals surface area contributed by atoms with Crippen LogP contribution in [0.15, 0.2) is 110 Å². The quantitative estimate of drug-likeness (QED) is 0.0119. The number of rotatable bonds is 32. The zero-order valence-electron chi connectivity index (χ0n) is 40.6. The van der Waals surface area contributed by atoms with Crippen molar-refractivity contribution < 1.29 is 95.1 Å². The molecule has 0 aromatic heterocycles. The molecule has 4 aromatic carbocycles. The summed E-state index contributed by atoms with van der Waals surface area (Å²) in [5, 5.41) is 0. The van der Waals surface area contributed by atoms with Crippen molar-refractivity contribution in [3.05, 3.63) is 132 Å². The SMILES string of the molecule is C=CC(=O)OCCOCCOCCOCCOC(=O)Oc1ccc(C(=O)Oc2ccc3c(c2)C(C)(C)c2cc(OC(=O)c4ccc(OC(=O)OCCOCCOCCOCCOC(=O)C=C)cc4)ccc2-3)cc1. The molecule has 0 fully saturated rings. The molecule has 0 amide bonds. The minimum Gasteiger partial charge on any atom is -0.460 e. The molecule has 1 aliphatic rings. The Balaban J connectivity index is 0.967. The maximum absolute atomic E-state index is 13.2. The van der Waals surface area contributed by atoms with Gasteiger partial charge in [0.1, 0.15) is 49.4 Å². The standard InChI is InChI=1S/C53H58O20/c1-5-47(54)66-31-27-62-23-19-60-21-25-64-29-33-68-51(58)72-39-11-7-37(8-12-39)49(56)70-41-15-17-43-44-18-16-42(36-46(44)53(3,4)45(43)35-41)71-50(57)38-9-13-40(14-10-38)73-52(59)69-34-30-65-26-22-61-20-24-63-28-32-67-48(55)6-2/h5-18,35-36H,1-2,19-34H2,3-4H3. The average Bonchev–Trinajstić information content (AvgIpc) is 3.60. The zero-order valence-corrected chi connectivity index (χ0v) is 40.6. The fourth-order valence-electron chi connectivity index (χ4n) is 6.70. The van der Waals surface area contributed by atoms with Crippen LogP contribution in [0.2, 0.25) is 0 Å². The minimum absolute atomic E-state index is 0.0528. The second-order valence-electron chi connectivity index (χ2n) is 15.7. The number of esters is 4. The monoisotopic (exact) mass is 1010 g/mol. The van der Waals surface area contributed by atoms with Gasteiger partial charge in [-0.05, 0) is 95.1 Å². The normalized spacial score (nSPS) is 11.8. The number of fused-ring (bicyclic) bond motifs is 3. The van der Waals surface area contributed by atoms with E-state index in [-0.39, 0.29) is 88.7 Å². The van der Waals surface area contributed by atoms with Gasteiger partial charge in [-0.1, -0.05) is 39.1 Å². The van der Waals surface area contributed by atoms with Crippen LogP contribution in [0.25, 0.3) is 11.1 Å². The first kappa shape index (κ1) is 56.5. The van der Waals surface area contributed by atoms with E-state index in [2.05, 4.69) is 13.2 Å². The lowest BCUT2D eigenvalue weighted by Gasteiger charge is -2.22. The summed E-state index contributed by atoms with van der Waals surface area (Å²) >= 11 is 0. The Labute approximate surface area is 421 Å². The van der Waals surface area contributed by atoms with Gasteiger partial charge >= 0.3 is 36.2 Å². The molecular weight excluding hydrogens is 957 g/mol. The zero-order chi connectivity index (χ0) is 52.3. The van der Waals surface area contributed by atoms with Gasteiger partial charge in [-0.3, -0.25) is 0 Å². The van der Waals surface area contributed by atoms with Crippen molar-refractivity contribution >= 4 is 36.2 Å². The fraction of sp³-hybridized carbons (Fsp3) is 0.358. The Morgan fingerprint density at radius 3 is 0.986 bits per heavy atom. The average molecular weight is 1020 g/mol. The van der Waals surface area contributed by atoms with E-state index in [1.807, 2.05) is 26.0 Å². The Hall–Kier alpha value is -7.46. The van der Waals surface area contributed by atoms with E-state index in [4.69, 9.17) is 66.3 Å². The van der Waals surface area contributed by atoms with Gasteiger partial charge in [0.05, 0.1) is 90.4 Å². The molecule has 20 nitrogen and oxygen atoms in total. The van der Waals surface area contributed by atoms with E-state index in [9.17, 15) is 28.8 Å². The summed E-state index contributed by atoms with van der Waals surface area (Å²) in [6.45, 7) is 14.0. The second kappa shape index (κ2) is 30.4. The fourth-order valence-corrected chi connectivity index (χ4v) is 6.70. The van der Waals surface area contributed by atoms with Crippen LogP contribution >= 0.6 is 0 Å². The lowest BCUT2D eigenvalue weighted by molar-refractivity contribution is -0.140. The first-order valence-electron chi connectivity index (χ1n) is 23.1. The molecule has 390 valence electrons. The molecule has 0 spiro atoms. The van der Waals surface area contributed by atoms with Crippen molar-refractivity contribution in [3.63, 3.8) is 0 Å². The summed E-state index contributed by atoms with van der Waals surface area (Å²) in [7, 11) is 0. The minimum atomic E-state index is -0.944. The first-order chi connectivity index (χ1) is 35.4. The maximum atomic E-state index is 13.2. The molecule has 0 radical (unpaired) electrons. The Kier molecular flexibility index (Phi) is 23.5. The van der Waals surface area contributed by atoms with Gasteiger partial charge in [-0.25, -0.2) is 28.8 Å². The highest BCUT2D eigenvalue weighted by atomic mass is 16.7. The van der Waals surface area contributed by atoms with Crippen LogP contribution in [-0.2, 0) is 62.4 Å². The highest BCUT2D eigenvalue weighted by molar-refractivity contribution is 5.93. The Bertz CT molecular complexity index is 2300. The van der Waals surface area contributed by atoms with Crippen LogP contribution in [0.4, 0.5) is 9.59 Å². The van der Waals surface area contributed by atoms with E-state index in [1.54, 1.807) is 24.3 Å². The summed E-state index contributed by atoms with van der Waals surface area (Å²) < 4.78 is 73.6. The predicted molar refractivity (Wildman–Crippen MR) is 258 cm³/mol. The third-order valence-corrected chi connectivity index (χ3v) is 10.3. The van der Waals surface area contributed by atoms with Crippen molar-refractivity contribution in [2.75, 3.05) is 106 Å². The van der Waals surface area contributed by atoms with E-state index in [1.165, 1.54) is 48.5 Å². The van der Waals surface area contributed by atoms with Crippen LogP contribution in [-0.4, -0.2) is 142 Å². The van der Waals surface area contributed by atoms with Crippen LogP contribution in [0, 0.1) is 0 Å². The lowest BCUT2D eigenvalue weighted by Crippen LogP contribution is -2.17. The van der Waals surface area contributed by atoms with Gasteiger partial charge in [0.25, 0.3) is 0 Å². The van der Waals surface area contributed by atoms with E-state index in [0.717, 1.165) is 34.4 Å². The smallest absolute Gasteiger partial charge is 0.460 e. The molecule has 1 aliphatic carbocycles. The van der Waals surface area contributed by atoms with Crippen molar-refractivity contribution in [1.29, 1.82) is 0 Å². The molecule has 0 aliphatic heterocycles. The Morgan fingerprint density at radius 2 is 0.671 bits per heavy atom. The van der Waals surface area contributed by atoms with Crippen LogP contribution in [0.5, 0.6) is 23.0 Å². The third kappa shape index (κ3) is 19.2. The molecule has 20 heteroatoms. The van der Waals surface area contributed by atoms with Gasteiger partial charge in [-0.15, -0.1) is 0 Å².